The van der Waals surface area contributed by atoms with Crippen LogP contribution in [0.15, 0.2) is 30.3 Å². The van der Waals surface area contributed by atoms with Crippen molar-refractivity contribution in [3.8, 4) is 0 Å². The van der Waals surface area contributed by atoms with Crippen LogP contribution in [0.5, 0.6) is 0 Å². The van der Waals surface area contributed by atoms with Crippen molar-refractivity contribution in [2.75, 3.05) is 0 Å². The van der Waals surface area contributed by atoms with E-state index in [1.54, 1.807) is 0 Å². The average Bonchev–Trinajstić information content (AvgIpc) is 2.24. The Labute approximate surface area is 128 Å². The Morgan fingerprint density at radius 3 is 2.22 bits per heavy atom. The zero-order valence-corrected chi connectivity index (χ0v) is 12.8. The number of hydrogen-bond donors (Lipinski definition) is 2. The van der Waals surface area contributed by atoms with Crippen molar-refractivity contribution in [2.45, 2.75) is 29.8 Å². The second-order valence-electron chi connectivity index (χ2n) is 4.46. The molecule has 2 rings (SSSR count). The third kappa shape index (κ3) is 3.14. The van der Waals surface area contributed by atoms with Gasteiger partial charge in [-0.05, 0) is 24.3 Å². The fourth-order valence-corrected chi connectivity index (χ4v) is 2.95. The maximum Gasteiger partial charge on any atom is 1.00 e. The second-order valence-corrected chi connectivity index (χ2v) is 5.90. The Kier molecular flexibility index (Phi) is 4.99. The van der Waals surface area contributed by atoms with Gasteiger partial charge < -0.3 is 14.8 Å². The maximum atomic E-state index is 10.6. The van der Waals surface area contributed by atoms with Crippen molar-refractivity contribution >= 4 is 10.1 Å². The summed E-state index contributed by atoms with van der Waals surface area (Å²) < 4.78 is 31.9. The largest absolute Gasteiger partial charge is 1.00 e. The van der Waals surface area contributed by atoms with Crippen molar-refractivity contribution in [1.29, 1.82) is 0 Å². The van der Waals surface area contributed by atoms with Gasteiger partial charge in [-0.25, -0.2) is 8.42 Å². The second kappa shape index (κ2) is 5.58. The van der Waals surface area contributed by atoms with Crippen molar-refractivity contribution in [1.82, 2.24) is 0 Å². The van der Waals surface area contributed by atoms with Crippen LogP contribution in [-0.4, -0.2) is 34.2 Å². The Bertz CT molecular complexity index is 495. The molecule has 0 heterocycles. The molecule has 18 heavy (non-hydrogen) atoms. The summed E-state index contributed by atoms with van der Waals surface area (Å²) in [6.07, 6.45) is 0.166. The van der Waals surface area contributed by atoms with Gasteiger partial charge in [-0.1, -0.05) is 30.3 Å². The van der Waals surface area contributed by atoms with Crippen LogP contribution in [-0.2, 0) is 10.1 Å². The Morgan fingerprint density at radius 2 is 1.78 bits per heavy atom. The zero-order valence-electron chi connectivity index (χ0n) is 9.98. The van der Waals surface area contributed by atoms with Gasteiger partial charge in [0.25, 0.3) is 0 Å². The SMILES string of the molecule is O=S(=O)([O-])C(O)C1(O)CC(c2ccccc2)C1.[Na+]. The summed E-state index contributed by atoms with van der Waals surface area (Å²) in [7, 11) is -4.87. The van der Waals surface area contributed by atoms with Gasteiger partial charge in [-0.15, -0.1) is 0 Å². The van der Waals surface area contributed by atoms with Crippen LogP contribution >= 0.6 is 0 Å². The quantitative estimate of drug-likeness (QED) is 0.459. The first kappa shape index (κ1) is 16.1. The number of benzene rings is 1. The van der Waals surface area contributed by atoms with Crippen LogP contribution in [0.3, 0.4) is 0 Å². The van der Waals surface area contributed by atoms with Gasteiger partial charge in [0.1, 0.15) is 15.7 Å². The van der Waals surface area contributed by atoms with E-state index in [0.29, 0.717) is 0 Å². The molecule has 5 nitrogen and oxygen atoms in total. The predicted molar refractivity (Wildman–Crippen MR) is 59.1 cm³/mol. The zero-order chi connectivity index (χ0) is 12.7. The smallest absolute Gasteiger partial charge is 0.746 e. The monoisotopic (exact) mass is 280 g/mol. The summed E-state index contributed by atoms with van der Waals surface area (Å²) in [5, 5.41) is 19.1. The summed E-state index contributed by atoms with van der Waals surface area (Å²) in [5.41, 5.74) is -3.08. The maximum absolute atomic E-state index is 10.6. The summed E-state index contributed by atoms with van der Waals surface area (Å²) in [4.78, 5) is 0. The first-order chi connectivity index (χ1) is 7.83. The summed E-state index contributed by atoms with van der Waals surface area (Å²) in [6, 6.07) is 9.26. The molecule has 1 atom stereocenters. The molecule has 7 heteroatoms. The molecule has 2 N–H and O–H groups in total. The molecule has 1 aliphatic carbocycles. The first-order valence-electron chi connectivity index (χ1n) is 5.23. The average molecular weight is 280 g/mol. The molecule has 1 aliphatic rings. The number of aliphatic hydroxyl groups excluding tert-OH is 1. The van der Waals surface area contributed by atoms with Crippen molar-refractivity contribution in [3.05, 3.63) is 35.9 Å². The van der Waals surface area contributed by atoms with Gasteiger partial charge in [0.15, 0.2) is 5.44 Å². The molecular formula is C11H13NaO5S. The Balaban J connectivity index is 0.00000162. The van der Waals surface area contributed by atoms with Gasteiger partial charge in [-0.2, -0.15) is 0 Å². The molecular weight excluding hydrogens is 267 g/mol. The minimum absolute atomic E-state index is 0. The normalized spacial score (nSPS) is 28.9. The minimum Gasteiger partial charge on any atom is -0.746 e. The molecule has 0 aliphatic heterocycles. The van der Waals surface area contributed by atoms with E-state index < -0.39 is 21.2 Å². The first-order valence-corrected chi connectivity index (χ1v) is 6.70. The van der Waals surface area contributed by atoms with E-state index in [1.807, 2.05) is 30.3 Å². The van der Waals surface area contributed by atoms with Crippen molar-refractivity contribution in [3.63, 3.8) is 0 Å². The third-order valence-electron chi connectivity index (χ3n) is 3.20. The van der Waals surface area contributed by atoms with Crippen LogP contribution < -0.4 is 29.6 Å². The van der Waals surface area contributed by atoms with Crippen LogP contribution in [0, 0.1) is 0 Å². The van der Waals surface area contributed by atoms with Gasteiger partial charge in [0, 0.05) is 0 Å². The molecule has 1 aromatic rings. The Hall–Kier alpha value is 0.0500. The molecule has 0 amide bonds. The number of hydrogen-bond acceptors (Lipinski definition) is 5. The van der Waals surface area contributed by atoms with E-state index in [1.165, 1.54) is 0 Å². The molecule has 94 valence electrons. The van der Waals surface area contributed by atoms with E-state index in [2.05, 4.69) is 0 Å². The molecule has 0 saturated heterocycles. The molecule has 1 saturated carbocycles. The molecule has 0 radical (unpaired) electrons. The number of aliphatic hydroxyl groups is 2. The van der Waals surface area contributed by atoms with E-state index in [0.717, 1.165) is 5.56 Å². The minimum atomic E-state index is -4.87. The fraction of sp³-hybridized carbons (Fsp3) is 0.455. The van der Waals surface area contributed by atoms with Crippen LogP contribution in [0.1, 0.15) is 24.3 Å². The Morgan fingerprint density at radius 1 is 1.28 bits per heavy atom. The van der Waals surface area contributed by atoms with E-state index in [4.69, 9.17) is 0 Å². The van der Waals surface area contributed by atoms with Gasteiger partial charge in [0.05, 0.1) is 0 Å². The summed E-state index contributed by atoms with van der Waals surface area (Å²) in [5.74, 6) is -0.0161. The molecule has 0 bridgehead atoms. The van der Waals surface area contributed by atoms with Gasteiger partial charge in [0.2, 0.25) is 0 Å². The van der Waals surface area contributed by atoms with Gasteiger partial charge >= 0.3 is 29.6 Å². The predicted octanol–water partition coefficient (Wildman–Crippen LogP) is -2.84. The van der Waals surface area contributed by atoms with Crippen LogP contribution in [0.2, 0.25) is 0 Å². The van der Waals surface area contributed by atoms with E-state index in [-0.39, 0.29) is 48.3 Å². The molecule has 1 unspecified atom stereocenters. The van der Waals surface area contributed by atoms with Crippen LogP contribution in [0.25, 0.3) is 0 Å². The summed E-state index contributed by atoms with van der Waals surface area (Å²) >= 11 is 0. The van der Waals surface area contributed by atoms with Crippen LogP contribution in [0.4, 0.5) is 0 Å². The van der Waals surface area contributed by atoms with Gasteiger partial charge in [-0.3, -0.25) is 0 Å². The summed E-state index contributed by atoms with van der Waals surface area (Å²) in [6.45, 7) is 0. The fourth-order valence-electron chi connectivity index (χ4n) is 2.22. The topological polar surface area (TPSA) is 97.7 Å². The van der Waals surface area contributed by atoms with Crippen molar-refractivity contribution < 1.29 is 52.7 Å². The molecule has 1 aromatic carbocycles. The van der Waals surface area contributed by atoms with Crippen molar-refractivity contribution in [2.24, 2.45) is 0 Å². The third-order valence-corrected chi connectivity index (χ3v) is 4.19. The number of rotatable bonds is 3. The molecule has 0 spiro atoms. The molecule has 1 fully saturated rings. The van der Waals surface area contributed by atoms with E-state index >= 15 is 0 Å². The molecule has 0 aromatic heterocycles. The standard InChI is InChI=1S/C11H14O5S.Na/c12-10(17(14,15)16)11(13)6-9(7-11)8-4-2-1-3-5-8;/h1-5,9-10,12-13H,6-7H2,(H,14,15,16);/q;+1/p-1. The van der Waals surface area contributed by atoms with E-state index in [9.17, 15) is 23.2 Å².